The summed E-state index contributed by atoms with van der Waals surface area (Å²) >= 11 is 1.52. The Labute approximate surface area is 161 Å². The van der Waals surface area contributed by atoms with Crippen molar-refractivity contribution in [2.75, 3.05) is 24.8 Å². The van der Waals surface area contributed by atoms with Crippen LogP contribution in [0.4, 0.5) is 5.69 Å². The third-order valence-electron chi connectivity index (χ3n) is 4.02. The highest BCUT2D eigenvalue weighted by atomic mass is 32.2. The zero-order chi connectivity index (χ0) is 19.4. The highest BCUT2D eigenvalue weighted by Gasteiger charge is 2.23. The summed E-state index contributed by atoms with van der Waals surface area (Å²) in [6.07, 6.45) is 1.93. The third-order valence-corrected chi connectivity index (χ3v) is 6.64. The number of thioether (sulfide) groups is 1. The van der Waals surface area contributed by atoms with Crippen LogP contribution in [0, 0.1) is 0 Å². The fourth-order valence-electron chi connectivity index (χ4n) is 2.68. The van der Waals surface area contributed by atoms with E-state index in [1.807, 2.05) is 0 Å². The van der Waals surface area contributed by atoms with Crippen LogP contribution in [0.1, 0.15) is 25.2 Å². The van der Waals surface area contributed by atoms with E-state index in [0.29, 0.717) is 36.8 Å². The number of fused-ring (bicyclic) bond motifs is 1. The second-order valence-corrected chi connectivity index (χ2v) is 8.87. The van der Waals surface area contributed by atoms with Gasteiger partial charge in [0.05, 0.1) is 23.2 Å². The quantitative estimate of drug-likeness (QED) is 0.707. The summed E-state index contributed by atoms with van der Waals surface area (Å²) in [5.74, 6) is 1.04. The van der Waals surface area contributed by atoms with Gasteiger partial charge in [-0.1, -0.05) is 0 Å². The van der Waals surface area contributed by atoms with Crippen LogP contribution in [0.15, 0.2) is 34.3 Å². The van der Waals surface area contributed by atoms with Crippen LogP contribution in [-0.4, -0.2) is 48.6 Å². The van der Waals surface area contributed by atoms with Gasteiger partial charge in [-0.3, -0.25) is 4.79 Å². The molecule has 0 saturated carbocycles. The van der Waals surface area contributed by atoms with E-state index in [9.17, 15) is 13.2 Å². The Morgan fingerprint density at radius 3 is 3.04 bits per heavy atom. The molecule has 27 heavy (non-hydrogen) atoms. The van der Waals surface area contributed by atoms with E-state index < -0.39 is 16.1 Å². The zero-order valence-corrected chi connectivity index (χ0v) is 16.6. The smallest absolute Gasteiger partial charge is 0.241 e. The number of nitrogens with zero attached hydrogens (tertiary/aromatic N) is 3. The fraction of sp³-hybridized carbons (Fsp3) is 0.438. The van der Waals surface area contributed by atoms with Crippen molar-refractivity contribution < 1.29 is 17.9 Å². The number of anilines is 1. The van der Waals surface area contributed by atoms with Gasteiger partial charge in [0, 0.05) is 30.7 Å². The molecule has 11 heteroatoms. The molecule has 1 aliphatic rings. The summed E-state index contributed by atoms with van der Waals surface area (Å²) in [6, 6.07) is 4.15. The summed E-state index contributed by atoms with van der Waals surface area (Å²) in [4.78, 5) is 12.7. The van der Waals surface area contributed by atoms with Gasteiger partial charge in [-0.2, -0.15) is 0 Å². The predicted octanol–water partition coefficient (Wildman–Crippen LogP) is 1.40. The number of benzene rings is 1. The Kier molecular flexibility index (Phi) is 6.15. The van der Waals surface area contributed by atoms with Gasteiger partial charge in [0.25, 0.3) is 0 Å². The van der Waals surface area contributed by atoms with E-state index in [4.69, 9.17) is 4.74 Å². The van der Waals surface area contributed by atoms with Gasteiger partial charge >= 0.3 is 0 Å². The van der Waals surface area contributed by atoms with Crippen molar-refractivity contribution in [3.63, 3.8) is 0 Å². The van der Waals surface area contributed by atoms with Crippen molar-refractivity contribution in [1.29, 1.82) is 0 Å². The van der Waals surface area contributed by atoms with Crippen LogP contribution in [0.5, 0.6) is 0 Å². The predicted molar refractivity (Wildman–Crippen MR) is 101 cm³/mol. The maximum absolute atomic E-state index is 12.8. The van der Waals surface area contributed by atoms with Crippen molar-refractivity contribution in [2.45, 2.75) is 35.7 Å². The van der Waals surface area contributed by atoms with Crippen molar-refractivity contribution in [2.24, 2.45) is 0 Å². The molecule has 146 valence electrons. The Hall–Kier alpha value is -1.95. The van der Waals surface area contributed by atoms with Gasteiger partial charge in [0.15, 0.2) is 5.82 Å². The summed E-state index contributed by atoms with van der Waals surface area (Å²) in [5, 5.41) is 10.6. The second kappa shape index (κ2) is 8.38. The average Bonchev–Trinajstić information content (AvgIpc) is 3.01. The lowest BCUT2D eigenvalue weighted by Gasteiger charge is -2.16. The molecule has 0 aliphatic carbocycles. The van der Waals surface area contributed by atoms with E-state index in [1.165, 1.54) is 30.2 Å². The monoisotopic (exact) mass is 411 g/mol. The number of carbonyl (C=O) groups excluding carboxylic acids is 1. The first-order valence-electron chi connectivity index (χ1n) is 8.36. The topological polar surface area (TPSA) is 115 Å². The Bertz CT molecular complexity index is 929. The summed E-state index contributed by atoms with van der Waals surface area (Å²) in [6.45, 7) is 2.69. The van der Waals surface area contributed by atoms with Crippen LogP contribution in [0.25, 0.3) is 0 Å². The first-order valence-corrected chi connectivity index (χ1v) is 10.8. The van der Waals surface area contributed by atoms with E-state index in [-0.39, 0.29) is 10.8 Å². The first kappa shape index (κ1) is 19.8. The molecule has 1 aliphatic heterocycles. The van der Waals surface area contributed by atoms with Crippen LogP contribution in [0.2, 0.25) is 0 Å². The highest BCUT2D eigenvalue weighted by Crippen LogP contribution is 2.32. The summed E-state index contributed by atoms with van der Waals surface area (Å²) in [5.41, 5.74) is 0.515. The van der Waals surface area contributed by atoms with Gasteiger partial charge < -0.3 is 14.6 Å². The van der Waals surface area contributed by atoms with Crippen LogP contribution in [0.3, 0.4) is 0 Å². The molecule has 0 saturated heterocycles. The number of methoxy groups -OCH3 is 1. The minimum atomic E-state index is -3.81. The standard InChI is InChI=1S/C16H21N5O4S2/c1-11(16-19-17-10-21(16)6-7-25-2)20-27(23,24)12-3-4-14-13(9-12)18-15(22)5-8-26-14/h3-4,9-11,20H,5-8H2,1-2H3,(H,18,22)/t11-/m1/s1. The molecular formula is C16H21N5O4S2. The second-order valence-electron chi connectivity index (χ2n) is 6.02. The average molecular weight is 412 g/mol. The number of carbonyl (C=O) groups is 1. The Balaban J connectivity index is 1.81. The highest BCUT2D eigenvalue weighted by molar-refractivity contribution is 7.99. The molecule has 0 unspecified atom stereocenters. The molecule has 0 radical (unpaired) electrons. The Morgan fingerprint density at radius 1 is 1.44 bits per heavy atom. The number of aromatic nitrogens is 3. The summed E-state index contributed by atoms with van der Waals surface area (Å²) in [7, 11) is -2.22. The van der Waals surface area contributed by atoms with Crippen LogP contribution >= 0.6 is 11.8 Å². The largest absolute Gasteiger partial charge is 0.383 e. The number of hydrogen-bond acceptors (Lipinski definition) is 7. The first-order chi connectivity index (χ1) is 12.9. The molecule has 1 aromatic heterocycles. The SMILES string of the molecule is COCCn1cnnc1[C@@H](C)NS(=O)(=O)c1ccc2c(c1)NC(=O)CCS2. The van der Waals surface area contributed by atoms with Gasteiger partial charge in [0.1, 0.15) is 6.33 Å². The van der Waals surface area contributed by atoms with Crippen molar-refractivity contribution in [3.05, 3.63) is 30.4 Å². The maximum Gasteiger partial charge on any atom is 0.241 e. The molecule has 2 aromatic rings. The van der Waals surface area contributed by atoms with Crippen LogP contribution in [-0.2, 0) is 26.1 Å². The number of ether oxygens (including phenoxy) is 1. The number of hydrogen-bond donors (Lipinski definition) is 2. The van der Waals surface area contributed by atoms with E-state index in [0.717, 1.165) is 4.90 Å². The van der Waals surface area contributed by atoms with E-state index >= 15 is 0 Å². The molecule has 0 bridgehead atoms. The van der Waals surface area contributed by atoms with Gasteiger partial charge in [0.2, 0.25) is 15.9 Å². The molecule has 0 spiro atoms. The lowest BCUT2D eigenvalue weighted by molar-refractivity contribution is -0.115. The number of nitrogens with one attached hydrogen (secondary N) is 2. The molecule has 1 aromatic carbocycles. The van der Waals surface area contributed by atoms with E-state index in [2.05, 4.69) is 20.2 Å². The minimum absolute atomic E-state index is 0.0823. The van der Waals surface area contributed by atoms with Crippen LogP contribution < -0.4 is 10.0 Å². The van der Waals surface area contributed by atoms with Gasteiger partial charge in [-0.15, -0.1) is 22.0 Å². The van der Waals surface area contributed by atoms with Crippen molar-refractivity contribution in [3.8, 4) is 0 Å². The molecule has 2 heterocycles. The Morgan fingerprint density at radius 2 is 2.26 bits per heavy atom. The minimum Gasteiger partial charge on any atom is -0.383 e. The van der Waals surface area contributed by atoms with E-state index in [1.54, 1.807) is 24.7 Å². The molecule has 3 rings (SSSR count). The molecule has 1 atom stereocenters. The van der Waals surface area contributed by atoms with Gasteiger partial charge in [-0.05, 0) is 25.1 Å². The third kappa shape index (κ3) is 4.67. The fourth-order valence-corrected chi connectivity index (χ4v) is 4.85. The van der Waals surface area contributed by atoms with Gasteiger partial charge in [-0.25, -0.2) is 13.1 Å². The lowest BCUT2D eigenvalue weighted by Crippen LogP contribution is -2.29. The molecule has 0 fully saturated rings. The molecular weight excluding hydrogens is 390 g/mol. The number of rotatable bonds is 7. The van der Waals surface area contributed by atoms with Crippen molar-refractivity contribution >= 4 is 33.4 Å². The molecule has 1 amide bonds. The molecule has 2 N–H and O–H groups in total. The maximum atomic E-state index is 12.8. The zero-order valence-electron chi connectivity index (χ0n) is 15.0. The number of amides is 1. The number of sulfonamides is 1. The van der Waals surface area contributed by atoms with Crippen molar-refractivity contribution in [1.82, 2.24) is 19.5 Å². The molecule has 9 nitrogen and oxygen atoms in total. The normalized spacial score (nSPS) is 15.7. The summed E-state index contributed by atoms with van der Waals surface area (Å²) < 4.78 is 35.0. The lowest BCUT2D eigenvalue weighted by atomic mass is 10.3.